The van der Waals surface area contributed by atoms with Gasteiger partial charge in [-0.3, -0.25) is 4.98 Å². The van der Waals surface area contributed by atoms with Crippen molar-refractivity contribution < 1.29 is 17.7 Å². The zero-order valence-corrected chi connectivity index (χ0v) is 14.3. The Hall–Kier alpha value is -1.84. The van der Waals surface area contributed by atoms with Gasteiger partial charge in [-0.15, -0.1) is 0 Å². The SMILES string of the molecule is CCc1noc(CO[C@H]2CCCN(S(=O)(=O)c3cccnc3)C2)n1. The van der Waals surface area contributed by atoms with Gasteiger partial charge in [0, 0.05) is 31.9 Å². The Bertz CT molecular complexity index is 763. The number of nitrogens with zero attached hydrogens (tertiary/aromatic N) is 4. The molecular weight excluding hydrogens is 332 g/mol. The van der Waals surface area contributed by atoms with E-state index in [9.17, 15) is 8.42 Å². The Kier molecular flexibility index (Phi) is 5.22. The quantitative estimate of drug-likeness (QED) is 0.775. The first-order valence-electron chi connectivity index (χ1n) is 7.93. The molecule has 9 heteroatoms. The van der Waals surface area contributed by atoms with Crippen LogP contribution in [0, 0.1) is 0 Å². The maximum Gasteiger partial charge on any atom is 0.252 e. The van der Waals surface area contributed by atoms with Crippen LogP contribution in [0.5, 0.6) is 0 Å². The molecular formula is C15H20N4O4S. The maximum atomic E-state index is 12.6. The van der Waals surface area contributed by atoms with Crippen LogP contribution in [0.3, 0.4) is 0 Å². The standard InChI is InChI=1S/C15H20N4O4S/c1-2-14-17-15(23-18-14)11-22-12-5-4-8-19(10-12)24(20,21)13-6-3-7-16-9-13/h3,6-7,9,12H,2,4-5,8,10-11H2,1H3/t12-/m0/s1. The second kappa shape index (κ2) is 7.37. The summed E-state index contributed by atoms with van der Waals surface area (Å²) in [5, 5.41) is 3.81. The molecule has 1 aliphatic rings. The van der Waals surface area contributed by atoms with E-state index in [2.05, 4.69) is 15.1 Å². The van der Waals surface area contributed by atoms with Crippen molar-refractivity contribution in [2.75, 3.05) is 13.1 Å². The molecule has 2 aromatic heterocycles. The number of piperidine rings is 1. The topological polar surface area (TPSA) is 98.4 Å². The highest BCUT2D eigenvalue weighted by Gasteiger charge is 2.31. The lowest BCUT2D eigenvalue weighted by Crippen LogP contribution is -2.43. The summed E-state index contributed by atoms with van der Waals surface area (Å²) in [5.74, 6) is 1.05. The fourth-order valence-electron chi connectivity index (χ4n) is 2.59. The zero-order chi connectivity index (χ0) is 17.0. The van der Waals surface area contributed by atoms with E-state index in [4.69, 9.17) is 9.26 Å². The van der Waals surface area contributed by atoms with Gasteiger partial charge in [0.15, 0.2) is 5.82 Å². The Morgan fingerprint density at radius 2 is 2.33 bits per heavy atom. The van der Waals surface area contributed by atoms with E-state index in [1.54, 1.807) is 18.3 Å². The van der Waals surface area contributed by atoms with Crippen LogP contribution in [0.2, 0.25) is 0 Å². The first-order valence-corrected chi connectivity index (χ1v) is 9.37. The number of rotatable bonds is 6. The van der Waals surface area contributed by atoms with Gasteiger partial charge < -0.3 is 9.26 Å². The fourth-order valence-corrected chi connectivity index (χ4v) is 4.06. The summed E-state index contributed by atoms with van der Waals surface area (Å²) in [6.07, 6.45) is 4.97. The summed E-state index contributed by atoms with van der Waals surface area (Å²) < 4.78 is 37.6. The molecule has 3 rings (SSSR count). The number of aryl methyl sites for hydroxylation is 1. The first kappa shape index (κ1) is 17.0. The van der Waals surface area contributed by atoms with Crippen molar-refractivity contribution in [2.24, 2.45) is 0 Å². The van der Waals surface area contributed by atoms with Gasteiger partial charge in [-0.25, -0.2) is 8.42 Å². The number of pyridine rings is 1. The molecule has 1 fully saturated rings. The van der Waals surface area contributed by atoms with Crippen molar-refractivity contribution in [3.63, 3.8) is 0 Å². The second-order valence-electron chi connectivity index (χ2n) is 5.58. The van der Waals surface area contributed by atoms with Gasteiger partial charge in [-0.1, -0.05) is 12.1 Å². The van der Waals surface area contributed by atoms with Crippen LogP contribution in [0.1, 0.15) is 31.5 Å². The Morgan fingerprint density at radius 3 is 3.04 bits per heavy atom. The van der Waals surface area contributed by atoms with Crippen molar-refractivity contribution in [1.29, 1.82) is 0 Å². The fraction of sp³-hybridized carbons (Fsp3) is 0.533. The van der Waals surface area contributed by atoms with Crippen LogP contribution in [-0.2, 0) is 27.8 Å². The summed E-state index contributed by atoms with van der Waals surface area (Å²) >= 11 is 0. The molecule has 0 unspecified atom stereocenters. The molecule has 8 nitrogen and oxygen atoms in total. The average Bonchev–Trinajstić information content (AvgIpc) is 3.09. The van der Waals surface area contributed by atoms with E-state index in [-0.39, 0.29) is 17.6 Å². The van der Waals surface area contributed by atoms with Gasteiger partial charge in [-0.05, 0) is 25.0 Å². The summed E-state index contributed by atoms with van der Waals surface area (Å²) in [6, 6.07) is 3.17. The highest BCUT2D eigenvalue weighted by atomic mass is 32.2. The minimum atomic E-state index is -3.54. The first-order chi connectivity index (χ1) is 11.6. The minimum Gasteiger partial charge on any atom is -0.367 e. The van der Waals surface area contributed by atoms with Crippen molar-refractivity contribution in [2.45, 2.75) is 43.8 Å². The molecule has 0 aromatic carbocycles. The largest absolute Gasteiger partial charge is 0.367 e. The average molecular weight is 352 g/mol. The minimum absolute atomic E-state index is 0.192. The molecule has 1 atom stereocenters. The zero-order valence-electron chi connectivity index (χ0n) is 13.5. The van der Waals surface area contributed by atoms with Gasteiger partial charge in [-0.2, -0.15) is 9.29 Å². The Labute approximate surface area is 140 Å². The third kappa shape index (κ3) is 3.80. The lowest BCUT2D eigenvalue weighted by molar-refractivity contribution is -0.00296. The van der Waals surface area contributed by atoms with E-state index >= 15 is 0 Å². The van der Waals surface area contributed by atoms with Gasteiger partial charge in [0.25, 0.3) is 5.89 Å². The lowest BCUT2D eigenvalue weighted by Gasteiger charge is -2.31. The maximum absolute atomic E-state index is 12.6. The van der Waals surface area contributed by atoms with Gasteiger partial charge in [0.1, 0.15) is 11.5 Å². The summed E-state index contributed by atoms with van der Waals surface area (Å²) in [5.41, 5.74) is 0. The number of hydrogen-bond donors (Lipinski definition) is 0. The lowest BCUT2D eigenvalue weighted by atomic mass is 10.1. The molecule has 2 aromatic rings. The van der Waals surface area contributed by atoms with Crippen molar-refractivity contribution in [1.82, 2.24) is 19.4 Å². The molecule has 130 valence electrons. The predicted molar refractivity (Wildman–Crippen MR) is 84.5 cm³/mol. The van der Waals surface area contributed by atoms with Crippen molar-refractivity contribution in [3.8, 4) is 0 Å². The Balaban J connectivity index is 1.62. The molecule has 3 heterocycles. The molecule has 0 amide bonds. The molecule has 0 N–H and O–H groups in total. The van der Waals surface area contributed by atoms with Crippen LogP contribution in [0.4, 0.5) is 0 Å². The van der Waals surface area contributed by atoms with E-state index in [0.29, 0.717) is 31.2 Å². The molecule has 0 radical (unpaired) electrons. The normalized spacial score (nSPS) is 19.5. The monoisotopic (exact) mass is 352 g/mol. The van der Waals surface area contributed by atoms with Gasteiger partial charge >= 0.3 is 0 Å². The third-order valence-corrected chi connectivity index (χ3v) is 5.73. The van der Waals surface area contributed by atoms with E-state index in [1.807, 2.05) is 6.92 Å². The van der Waals surface area contributed by atoms with E-state index in [1.165, 1.54) is 10.5 Å². The van der Waals surface area contributed by atoms with Crippen LogP contribution < -0.4 is 0 Å². The number of hydrogen-bond acceptors (Lipinski definition) is 7. The van der Waals surface area contributed by atoms with Gasteiger partial charge in [0.2, 0.25) is 10.0 Å². The highest BCUT2D eigenvalue weighted by molar-refractivity contribution is 7.89. The summed E-state index contributed by atoms with van der Waals surface area (Å²) in [4.78, 5) is 8.28. The molecule has 1 saturated heterocycles. The predicted octanol–water partition coefficient (Wildman–Crippen LogP) is 1.40. The molecule has 24 heavy (non-hydrogen) atoms. The van der Waals surface area contributed by atoms with Crippen LogP contribution in [0.15, 0.2) is 33.9 Å². The van der Waals surface area contributed by atoms with Crippen molar-refractivity contribution in [3.05, 3.63) is 36.2 Å². The molecule has 0 bridgehead atoms. The second-order valence-corrected chi connectivity index (χ2v) is 7.52. The third-order valence-electron chi connectivity index (χ3n) is 3.88. The van der Waals surface area contributed by atoms with Gasteiger partial charge in [0.05, 0.1) is 6.10 Å². The van der Waals surface area contributed by atoms with Crippen LogP contribution >= 0.6 is 0 Å². The number of ether oxygens (including phenoxy) is 1. The number of sulfonamides is 1. The molecule has 0 aliphatic carbocycles. The highest BCUT2D eigenvalue weighted by Crippen LogP contribution is 2.22. The summed E-state index contributed by atoms with van der Waals surface area (Å²) in [6.45, 7) is 2.93. The van der Waals surface area contributed by atoms with E-state index in [0.717, 1.165) is 12.8 Å². The smallest absolute Gasteiger partial charge is 0.252 e. The molecule has 0 saturated carbocycles. The number of aromatic nitrogens is 3. The molecule has 1 aliphatic heterocycles. The Morgan fingerprint density at radius 1 is 1.46 bits per heavy atom. The van der Waals surface area contributed by atoms with Crippen LogP contribution in [-0.4, -0.2) is 47.0 Å². The van der Waals surface area contributed by atoms with E-state index < -0.39 is 10.0 Å². The summed E-state index contributed by atoms with van der Waals surface area (Å²) in [7, 11) is -3.54. The van der Waals surface area contributed by atoms with Crippen LogP contribution in [0.25, 0.3) is 0 Å². The van der Waals surface area contributed by atoms with Crippen molar-refractivity contribution >= 4 is 10.0 Å². The molecule has 0 spiro atoms.